The quantitative estimate of drug-likeness (QED) is 0.654. The van der Waals surface area contributed by atoms with Crippen LogP contribution in [0.4, 0.5) is 0 Å². The zero-order valence-electron chi connectivity index (χ0n) is 10.1. The van der Waals surface area contributed by atoms with Gasteiger partial charge in [0.05, 0.1) is 0 Å². The fraction of sp³-hybridized carbons (Fsp3) is 0.125. The third-order valence-corrected chi connectivity index (χ3v) is 3.36. The zero-order valence-corrected chi connectivity index (χ0v) is 10.9. The van der Waals surface area contributed by atoms with Crippen LogP contribution in [0.2, 0.25) is 0 Å². The molecule has 0 radical (unpaired) electrons. The summed E-state index contributed by atoms with van der Waals surface area (Å²) in [6.45, 7) is 0. The van der Waals surface area contributed by atoms with Gasteiger partial charge in [-0.05, 0) is 24.0 Å². The van der Waals surface area contributed by atoms with Crippen LogP contribution in [0.1, 0.15) is 17.2 Å². The van der Waals surface area contributed by atoms with E-state index in [0.717, 1.165) is 16.0 Å². The van der Waals surface area contributed by atoms with Gasteiger partial charge in [0.25, 0.3) is 0 Å². The molecular formula is C16H14OS. The number of hydrogen-bond donors (Lipinski definition) is 1. The van der Waals surface area contributed by atoms with Gasteiger partial charge < -0.3 is 5.11 Å². The molecule has 2 aromatic rings. The van der Waals surface area contributed by atoms with Crippen molar-refractivity contribution in [2.45, 2.75) is 11.0 Å². The lowest BCUT2D eigenvalue weighted by atomic mass is 10.1. The number of thioether (sulfide) groups is 1. The molecule has 18 heavy (non-hydrogen) atoms. The summed E-state index contributed by atoms with van der Waals surface area (Å²) >= 11 is 1.66. The van der Waals surface area contributed by atoms with Crippen molar-refractivity contribution < 1.29 is 5.11 Å². The lowest BCUT2D eigenvalue weighted by molar-refractivity contribution is 0.238. The molecule has 2 heteroatoms. The van der Waals surface area contributed by atoms with E-state index < -0.39 is 6.10 Å². The van der Waals surface area contributed by atoms with Crippen LogP contribution in [-0.4, -0.2) is 11.4 Å². The summed E-state index contributed by atoms with van der Waals surface area (Å²) in [6, 6.07) is 17.4. The van der Waals surface area contributed by atoms with E-state index in [1.54, 1.807) is 11.8 Å². The SMILES string of the molecule is CSc1ccccc1C#CC(O)c1ccccc1. The van der Waals surface area contributed by atoms with Crippen molar-refractivity contribution >= 4 is 11.8 Å². The van der Waals surface area contributed by atoms with Gasteiger partial charge in [-0.1, -0.05) is 54.3 Å². The fourth-order valence-corrected chi connectivity index (χ4v) is 2.17. The smallest absolute Gasteiger partial charge is 0.140 e. The van der Waals surface area contributed by atoms with Crippen LogP contribution in [0, 0.1) is 11.8 Å². The normalized spacial score (nSPS) is 11.4. The zero-order chi connectivity index (χ0) is 12.8. The van der Waals surface area contributed by atoms with Crippen molar-refractivity contribution in [1.82, 2.24) is 0 Å². The summed E-state index contributed by atoms with van der Waals surface area (Å²) in [4.78, 5) is 1.13. The predicted molar refractivity (Wildman–Crippen MR) is 76.5 cm³/mol. The molecule has 0 aliphatic heterocycles. The van der Waals surface area contributed by atoms with Gasteiger partial charge in [0.2, 0.25) is 0 Å². The van der Waals surface area contributed by atoms with Crippen molar-refractivity contribution in [1.29, 1.82) is 0 Å². The van der Waals surface area contributed by atoms with Crippen LogP contribution in [-0.2, 0) is 0 Å². The lowest BCUT2D eigenvalue weighted by Gasteiger charge is -2.03. The first-order valence-corrected chi connectivity index (χ1v) is 6.91. The van der Waals surface area contributed by atoms with Gasteiger partial charge in [-0.25, -0.2) is 0 Å². The summed E-state index contributed by atoms with van der Waals surface area (Å²) in [5.41, 5.74) is 1.78. The van der Waals surface area contributed by atoms with E-state index in [4.69, 9.17) is 0 Å². The Hall–Kier alpha value is -1.69. The van der Waals surface area contributed by atoms with Gasteiger partial charge in [0, 0.05) is 10.5 Å². The van der Waals surface area contributed by atoms with Crippen LogP contribution in [0.3, 0.4) is 0 Å². The molecule has 0 heterocycles. The second-order valence-electron chi connectivity index (χ2n) is 3.78. The summed E-state index contributed by atoms with van der Waals surface area (Å²) in [5, 5.41) is 9.97. The molecule has 2 aromatic carbocycles. The second-order valence-corrected chi connectivity index (χ2v) is 4.63. The standard InChI is InChI=1S/C16H14OS/c1-18-16-10-6-5-9-14(16)11-12-15(17)13-7-3-2-4-8-13/h2-10,15,17H,1H3. The minimum atomic E-state index is -0.735. The Kier molecular flexibility index (Phi) is 4.46. The maximum absolute atomic E-state index is 9.97. The highest BCUT2D eigenvalue weighted by molar-refractivity contribution is 7.98. The number of rotatable bonds is 2. The highest BCUT2D eigenvalue weighted by atomic mass is 32.2. The molecule has 1 N–H and O–H groups in total. The highest BCUT2D eigenvalue weighted by Crippen LogP contribution is 2.19. The Morgan fingerprint density at radius 2 is 1.67 bits per heavy atom. The number of benzene rings is 2. The molecule has 1 atom stereocenters. The monoisotopic (exact) mass is 254 g/mol. The molecular weight excluding hydrogens is 240 g/mol. The Balaban J connectivity index is 2.22. The minimum absolute atomic E-state index is 0.735. The van der Waals surface area contributed by atoms with Crippen LogP contribution in [0.5, 0.6) is 0 Å². The lowest BCUT2D eigenvalue weighted by Crippen LogP contribution is -1.92. The summed E-state index contributed by atoms with van der Waals surface area (Å²) in [6.07, 6.45) is 1.29. The van der Waals surface area contributed by atoms with Gasteiger partial charge in [0.15, 0.2) is 0 Å². The maximum Gasteiger partial charge on any atom is 0.140 e. The molecule has 1 unspecified atom stereocenters. The minimum Gasteiger partial charge on any atom is -0.376 e. The van der Waals surface area contributed by atoms with Gasteiger partial charge in [0.1, 0.15) is 6.10 Å². The molecule has 1 nitrogen and oxygen atoms in total. The predicted octanol–water partition coefficient (Wildman–Crippen LogP) is 3.49. The third-order valence-electron chi connectivity index (χ3n) is 2.57. The van der Waals surface area contributed by atoms with E-state index in [9.17, 15) is 5.11 Å². The molecule has 0 amide bonds. The summed E-state index contributed by atoms with van der Waals surface area (Å²) in [5.74, 6) is 5.92. The van der Waals surface area contributed by atoms with Gasteiger partial charge in [-0.15, -0.1) is 11.8 Å². The van der Waals surface area contributed by atoms with Crippen LogP contribution in [0.15, 0.2) is 59.5 Å². The van der Waals surface area contributed by atoms with Gasteiger partial charge in [-0.2, -0.15) is 0 Å². The highest BCUT2D eigenvalue weighted by Gasteiger charge is 2.02. The van der Waals surface area contributed by atoms with Crippen molar-refractivity contribution in [3.8, 4) is 11.8 Å². The number of aliphatic hydroxyl groups excluding tert-OH is 1. The first-order chi connectivity index (χ1) is 8.81. The average Bonchev–Trinajstić information content (AvgIpc) is 2.46. The van der Waals surface area contributed by atoms with E-state index in [2.05, 4.69) is 11.8 Å². The molecule has 0 aliphatic rings. The largest absolute Gasteiger partial charge is 0.376 e. The average molecular weight is 254 g/mol. The fourth-order valence-electron chi connectivity index (χ4n) is 1.61. The topological polar surface area (TPSA) is 20.2 Å². The van der Waals surface area contributed by atoms with Crippen LogP contribution >= 0.6 is 11.8 Å². The van der Waals surface area contributed by atoms with Crippen molar-refractivity contribution in [3.63, 3.8) is 0 Å². The van der Waals surface area contributed by atoms with E-state index in [1.807, 2.05) is 60.9 Å². The summed E-state index contributed by atoms with van der Waals surface area (Å²) < 4.78 is 0. The molecule has 2 rings (SSSR count). The molecule has 0 aliphatic carbocycles. The molecule has 0 fully saturated rings. The third kappa shape index (κ3) is 3.16. The van der Waals surface area contributed by atoms with Crippen molar-refractivity contribution in [2.24, 2.45) is 0 Å². The van der Waals surface area contributed by atoms with E-state index in [0.29, 0.717) is 0 Å². The second kappa shape index (κ2) is 6.30. The van der Waals surface area contributed by atoms with Crippen molar-refractivity contribution in [2.75, 3.05) is 6.26 Å². The van der Waals surface area contributed by atoms with Crippen LogP contribution < -0.4 is 0 Å². The maximum atomic E-state index is 9.97. The number of hydrogen-bond acceptors (Lipinski definition) is 2. The molecule has 90 valence electrons. The van der Waals surface area contributed by atoms with Crippen molar-refractivity contribution in [3.05, 3.63) is 65.7 Å². The van der Waals surface area contributed by atoms with Crippen LogP contribution in [0.25, 0.3) is 0 Å². The summed E-state index contributed by atoms with van der Waals surface area (Å²) in [7, 11) is 0. The molecule has 0 bridgehead atoms. The van der Waals surface area contributed by atoms with Gasteiger partial charge >= 0.3 is 0 Å². The van der Waals surface area contributed by atoms with E-state index in [1.165, 1.54) is 0 Å². The van der Waals surface area contributed by atoms with E-state index in [-0.39, 0.29) is 0 Å². The first kappa shape index (κ1) is 12.8. The Labute approximate surface area is 112 Å². The molecule has 0 saturated heterocycles. The molecule has 0 aromatic heterocycles. The molecule has 0 saturated carbocycles. The Morgan fingerprint density at radius 3 is 2.39 bits per heavy atom. The Morgan fingerprint density at radius 1 is 1.00 bits per heavy atom. The Bertz CT molecular complexity index is 566. The number of aliphatic hydroxyl groups is 1. The van der Waals surface area contributed by atoms with Gasteiger partial charge in [-0.3, -0.25) is 0 Å². The molecule has 0 spiro atoms. The first-order valence-electron chi connectivity index (χ1n) is 5.69. The van der Waals surface area contributed by atoms with E-state index >= 15 is 0 Å².